The second kappa shape index (κ2) is 13.5. The van der Waals surface area contributed by atoms with Gasteiger partial charge in [0.15, 0.2) is 0 Å². The first kappa shape index (κ1) is 28.4. The number of anilines is 2. The average molecular weight is 539 g/mol. The number of nitrogens with zero attached hydrogens (tertiary/aromatic N) is 2. The van der Waals surface area contributed by atoms with E-state index >= 15 is 0 Å². The molecule has 39 heavy (non-hydrogen) atoms. The van der Waals surface area contributed by atoms with Crippen LogP contribution in [0.25, 0.3) is 16.3 Å². The van der Waals surface area contributed by atoms with Crippen LogP contribution < -0.4 is 15.5 Å². The molecule has 0 saturated carbocycles. The maximum Gasteiger partial charge on any atom is 0.0818 e. The molecule has 0 spiro atoms. The van der Waals surface area contributed by atoms with E-state index < -0.39 is 0 Å². The summed E-state index contributed by atoms with van der Waals surface area (Å²) in [5.74, 6) is 0.447. The highest BCUT2D eigenvalue weighted by atomic mass is 32.1. The summed E-state index contributed by atoms with van der Waals surface area (Å²) in [5.41, 5.74) is 8.54. The van der Waals surface area contributed by atoms with E-state index in [0.717, 1.165) is 42.8 Å². The number of hydrogen-bond donors (Lipinski definition) is 2. The largest absolute Gasteiger partial charge is 0.389 e. The minimum Gasteiger partial charge on any atom is -0.389 e. The van der Waals surface area contributed by atoms with Crippen LogP contribution in [0.1, 0.15) is 55.7 Å². The van der Waals surface area contributed by atoms with Gasteiger partial charge in [0.25, 0.3) is 0 Å². The summed E-state index contributed by atoms with van der Waals surface area (Å²) in [6.07, 6.45) is 8.12. The number of fused-ring (bicyclic) bond motifs is 1. The molecule has 204 valence electrons. The third-order valence-electron chi connectivity index (χ3n) is 7.02. The van der Waals surface area contributed by atoms with Crippen LogP contribution in [0.4, 0.5) is 11.4 Å². The van der Waals surface area contributed by atoms with E-state index in [1.807, 2.05) is 37.6 Å². The maximum atomic E-state index is 4.61. The molecule has 2 aromatic carbocycles. The first-order valence-electron chi connectivity index (χ1n) is 14.1. The van der Waals surface area contributed by atoms with Crippen molar-refractivity contribution in [3.05, 3.63) is 107 Å². The van der Waals surface area contributed by atoms with Crippen LogP contribution in [0.2, 0.25) is 0 Å². The lowest BCUT2D eigenvalue weighted by atomic mass is 9.99. The molecule has 1 saturated heterocycles. The minimum atomic E-state index is 0.430. The first-order valence-corrected chi connectivity index (χ1v) is 14.9. The molecule has 1 aliphatic rings. The van der Waals surface area contributed by atoms with Crippen molar-refractivity contribution in [1.29, 1.82) is 0 Å². The number of rotatable bonds is 9. The third kappa shape index (κ3) is 7.30. The topological polar surface area (TPSA) is 40.2 Å². The molecular weight excluding hydrogens is 496 g/mol. The summed E-state index contributed by atoms with van der Waals surface area (Å²) in [6, 6.07) is 22.1. The number of pyridine rings is 1. The number of nitrogens with one attached hydrogen (secondary N) is 2. The molecule has 1 aliphatic heterocycles. The van der Waals surface area contributed by atoms with Gasteiger partial charge in [0.05, 0.1) is 10.2 Å². The van der Waals surface area contributed by atoms with Crippen LogP contribution in [-0.2, 0) is 6.42 Å². The molecular formula is C34H42N4S. The predicted octanol–water partition coefficient (Wildman–Crippen LogP) is 8.64. The Morgan fingerprint density at radius 3 is 2.64 bits per heavy atom. The summed E-state index contributed by atoms with van der Waals surface area (Å²) < 4.78 is 1.27. The van der Waals surface area contributed by atoms with Gasteiger partial charge in [0.1, 0.15) is 0 Å². The van der Waals surface area contributed by atoms with Crippen molar-refractivity contribution in [2.24, 2.45) is 5.92 Å². The second-order valence-electron chi connectivity index (χ2n) is 10.2. The second-order valence-corrected chi connectivity index (χ2v) is 11.3. The van der Waals surface area contributed by atoms with Crippen molar-refractivity contribution in [3.63, 3.8) is 0 Å². The highest BCUT2D eigenvalue weighted by molar-refractivity contribution is 7.20. The molecule has 1 atom stereocenters. The Morgan fingerprint density at radius 1 is 1.10 bits per heavy atom. The summed E-state index contributed by atoms with van der Waals surface area (Å²) in [7, 11) is 0. The molecule has 0 bridgehead atoms. The highest BCUT2D eigenvalue weighted by Crippen LogP contribution is 2.32. The quantitative estimate of drug-likeness (QED) is 0.224. The van der Waals surface area contributed by atoms with E-state index in [1.54, 1.807) is 0 Å². The number of thiophene rings is 1. The molecule has 4 nitrogen and oxygen atoms in total. The van der Waals surface area contributed by atoms with Crippen LogP contribution >= 0.6 is 11.3 Å². The van der Waals surface area contributed by atoms with Crippen molar-refractivity contribution in [2.45, 2.75) is 53.5 Å². The van der Waals surface area contributed by atoms with E-state index in [1.165, 1.54) is 32.0 Å². The Morgan fingerprint density at radius 2 is 1.90 bits per heavy atom. The van der Waals surface area contributed by atoms with Gasteiger partial charge in [-0.3, -0.25) is 4.98 Å². The van der Waals surface area contributed by atoms with Crippen molar-refractivity contribution < 1.29 is 0 Å². The SMILES string of the molecule is C=C(Nc1ccc(Cc2ccnc3cc(/C=C/NC(C)C)sc23)c(C)c1)C1CCN(c2ccccc2)C1.CC. The van der Waals surface area contributed by atoms with Gasteiger partial charge in [-0.1, -0.05) is 44.7 Å². The van der Waals surface area contributed by atoms with Crippen molar-refractivity contribution in [2.75, 3.05) is 23.3 Å². The van der Waals surface area contributed by atoms with Gasteiger partial charge >= 0.3 is 0 Å². The van der Waals surface area contributed by atoms with E-state index in [2.05, 4.69) is 115 Å². The number of aryl methyl sites for hydroxylation is 1. The molecule has 5 heteroatoms. The van der Waals surface area contributed by atoms with Crippen LogP contribution in [0.5, 0.6) is 0 Å². The van der Waals surface area contributed by atoms with E-state index in [9.17, 15) is 0 Å². The Labute approximate surface area is 238 Å². The zero-order valence-corrected chi connectivity index (χ0v) is 24.8. The van der Waals surface area contributed by atoms with Crippen molar-refractivity contribution >= 4 is 39.0 Å². The van der Waals surface area contributed by atoms with Gasteiger partial charge in [-0.15, -0.1) is 11.3 Å². The van der Waals surface area contributed by atoms with Gasteiger partial charge in [-0.05, 0) is 99.0 Å². The van der Waals surface area contributed by atoms with Gasteiger partial charge in [0, 0.05) is 53.2 Å². The van der Waals surface area contributed by atoms with Gasteiger partial charge in [-0.2, -0.15) is 0 Å². The summed E-state index contributed by atoms with van der Waals surface area (Å²) in [6.45, 7) is 17.0. The number of aromatic nitrogens is 1. The fourth-order valence-corrected chi connectivity index (χ4v) is 5.97. The van der Waals surface area contributed by atoms with Crippen LogP contribution in [0.15, 0.2) is 85.3 Å². The summed E-state index contributed by atoms with van der Waals surface area (Å²) >= 11 is 1.81. The molecule has 0 amide bonds. The molecule has 0 radical (unpaired) electrons. The van der Waals surface area contributed by atoms with E-state index in [4.69, 9.17) is 0 Å². The number of hydrogen-bond acceptors (Lipinski definition) is 5. The standard InChI is InChI=1S/C32H36N4S.C2H6/c1-22(2)33-16-13-30-20-31-32(37-30)26(12-15-34-31)19-25-10-11-28(18-23(25)3)35-24(4)27-14-17-36(21-27)29-8-6-5-7-9-29;1-2/h5-13,15-16,18,20,22,27,33,35H,4,14,17,19,21H2,1-3H3;1-2H3/b16-13+;. The van der Waals surface area contributed by atoms with Crippen molar-refractivity contribution in [3.8, 4) is 0 Å². The fourth-order valence-electron chi connectivity index (χ4n) is 4.94. The molecule has 1 unspecified atom stereocenters. The molecule has 4 aromatic rings. The fraction of sp³-hybridized carbons (Fsp3) is 0.324. The number of para-hydroxylation sites is 1. The highest BCUT2D eigenvalue weighted by Gasteiger charge is 2.25. The zero-order chi connectivity index (χ0) is 27.8. The third-order valence-corrected chi connectivity index (χ3v) is 8.19. The summed E-state index contributed by atoms with van der Waals surface area (Å²) in [4.78, 5) is 8.28. The lowest BCUT2D eigenvalue weighted by Gasteiger charge is -2.20. The Hall–Kier alpha value is -3.57. The van der Waals surface area contributed by atoms with Crippen molar-refractivity contribution in [1.82, 2.24) is 10.3 Å². The average Bonchev–Trinajstić information content (AvgIpc) is 3.60. The molecule has 0 aliphatic carbocycles. The molecule has 3 heterocycles. The Kier molecular flexibility index (Phi) is 9.83. The normalized spacial score (nSPS) is 15.0. The van der Waals surface area contributed by atoms with Crippen LogP contribution in [0.3, 0.4) is 0 Å². The van der Waals surface area contributed by atoms with Crippen LogP contribution in [-0.4, -0.2) is 24.1 Å². The minimum absolute atomic E-state index is 0.430. The molecule has 1 fully saturated rings. The lowest BCUT2D eigenvalue weighted by Crippen LogP contribution is -2.21. The summed E-state index contributed by atoms with van der Waals surface area (Å²) in [5, 5.41) is 6.94. The predicted molar refractivity (Wildman–Crippen MR) is 172 cm³/mol. The van der Waals surface area contributed by atoms with Crippen LogP contribution in [0, 0.1) is 12.8 Å². The van der Waals surface area contributed by atoms with E-state index in [-0.39, 0.29) is 0 Å². The molecule has 2 N–H and O–H groups in total. The smallest absolute Gasteiger partial charge is 0.0818 e. The number of benzene rings is 2. The zero-order valence-electron chi connectivity index (χ0n) is 24.0. The monoisotopic (exact) mass is 538 g/mol. The Bertz CT molecular complexity index is 1400. The Balaban J connectivity index is 0.00000172. The van der Waals surface area contributed by atoms with Gasteiger partial charge in [-0.25, -0.2) is 0 Å². The maximum absolute atomic E-state index is 4.61. The first-order chi connectivity index (χ1) is 19.0. The van der Waals surface area contributed by atoms with E-state index in [0.29, 0.717) is 12.0 Å². The van der Waals surface area contributed by atoms with Gasteiger partial charge in [0.2, 0.25) is 0 Å². The molecule has 5 rings (SSSR count). The molecule has 2 aromatic heterocycles. The van der Waals surface area contributed by atoms with Gasteiger partial charge < -0.3 is 15.5 Å². The lowest BCUT2D eigenvalue weighted by molar-refractivity contribution is 0.697.